The van der Waals surface area contributed by atoms with Crippen molar-refractivity contribution in [1.29, 1.82) is 0 Å². The second kappa shape index (κ2) is 9.65. The number of phenols is 1. The third-order valence-electron chi connectivity index (χ3n) is 8.29. The Hall–Kier alpha value is -3.87. The number of ketones is 2. The zero-order valence-electron chi connectivity index (χ0n) is 21.8. The molecule has 0 radical (unpaired) electrons. The maximum Gasteiger partial charge on any atom is 0.255 e. The SMILES string of the molecule is CN(C)[C@@H]1C(=O)C(C(N)=O)=C(O)[C@@]2(O)C(=O)C3=C(O)c4c(c(F)c5ccc(CNCCF)cc5c4O)C[C@H]3C[C@@H]12. The number of alkyl halides is 1. The van der Waals surface area contributed by atoms with Gasteiger partial charge in [0.15, 0.2) is 11.4 Å². The van der Waals surface area contributed by atoms with E-state index in [0.29, 0.717) is 5.56 Å². The molecule has 3 aliphatic carbocycles. The van der Waals surface area contributed by atoms with E-state index < -0.39 is 76.3 Å². The number of primary amides is 1. The Balaban J connectivity index is 1.71. The van der Waals surface area contributed by atoms with E-state index in [0.717, 1.165) is 0 Å². The van der Waals surface area contributed by atoms with E-state index in [1.807, 2.05) is 0 Å². The van der Waals surface area contributed by atoms with Gasteiger partial charge in [-0.1, -0.05) is 12.1 Å². The average Bonchev–Trinajstić information content (AvgIpc) is 2.89. The van der Waals surface area contributed by atoms with Gasteiger partial charge in [-0.05, 0) is 44.5 Å². The fourth-order valence-corrected chi connectivity index (χ4v) is 6.52. The number of aliphatic hydroxyl groups excluding tert-OH is 2. The number of benzene rings is 2. The van der Waals surface area contributed by atoms with Crippen molar-refractivity contribution in [3.8, 4) is 5.75 Å². The molecule has 0 aromatic heterocycles. The van der Waals surface area contributed by atoms with E-state index in [-0.39, 0.29) is 53.4 Å². The van der Waals surface area contributed by atoms with Gasteiger partial charge in [-0.15, -0.1) is 0 Å². The molecule has 4 atom stereocenters. The van der Waals surface area contributed by atoms with Crippen molar-refractivity contribution in [1.82, 2.24) is 10.2 Å². The highest BCUT2D eigenvalue weighted by Crippen LogP contribution is 2.53. The number of aromatic hydroxyl groups is 1. The second-order valence-electron chi connectivity index (χ2n) is 10.7. The Labute approximate surface area is 227 Å². The molecule has 0 heterocycles. The molecule has 212 valence electrons. The highest BCUT2D eigenvalue weighted by Gasteiger charge is 2.64. The number of halogens is 2. The van der Waals surface area contributed by atoms with Gasteiger partial charge >= 0.3 is 0 Å². The molecule has 1 fully saturated rings. The van der Waals surface area contributed by atoms with Gasteiger partial charge in [-0.3, -0.25) is 19.3 Å². The largest absolute Gasteiger partial charge is 0.508 e. The summed E-state index contributed by atoms with van der Waals surface area (Å²) >= 11 is 0. The van der Waals surface area contributed by atoms with Crippen molar-refractivity contribution in [3.63, 3.8) is 0 Å². The molecule has 10 nitrogen and oxygen atoms in total. The Bertz CT molecular complexity index is 1550. The molecule has 5 rings (SSSR count). The fraction of sp³-hybridized carbons (Fsp3) is 0.393. The van der Waals surface area contributed by atoms with Gasteiger partial charge in [0.2, 0.25) is 5.78 Å². The molecule has 0 aliphatic heterocycles. The number of Topliss-reactive ketones (excluding diaryl/α,β-unsaturated/α-hetero) is 2. The number of rotatable bonds is 6. The monoisotopic (exact) mass is 557 g/mol. The van der Waals surface area contributed by atoms with Gasteiger partial charge in [-0.25, -0.2) is 8.78 Å². The van der Waals surface area contributed by atoms with Crippen LogP contribution in [-0.4, -0.2) is 81.8 Å². The molecule has 0 spiro atoms. The van der Waals surface area contributed by atoms with Crippen LogP contribution >= 0.6 is 0 Å². The van der Waals surface area contributed by atoms with Crippen LogP contribution in [0.15, 0.2) is 35.1 Å². The van der Waals surface area contributed by atoms with Gasteiger partial charge in [0, 0.05) is 40.9 Å². The predicted octanol–water partition coefficient (Wildman–Crippen LogP) is 1.32. The Morgan fingerprint density at radius 3 is 2.52 bits per heavy atom. The van der Waals surface area contributed by atoms with E-state index in [1.165, 1.54) is 31.1 Å². The van der Waals surface area contributed by atoms with Crippen LogP contribution in [0.2, 0.25) is 0 Å². The highest BCUT2D eigenvalue weighted by atomic mass is 19.1. The number of carbonyl (C=O) groups excluding carboxylic acids is 3. The van der Waals surface area contributed by atoms with E-state index >= 15 is 4.39 Å². The number of hydrogen-bond acceptors (Lipinski definition) is 9. The lowest BCUT2D eigenvalue weighted by Crippen LogP contribution is -2.65. The number of hydrogen-bond donors (Lipinski definition) is 6. The van der Waals surface area contributed by atoms with Crippen LogP contribution in [0, 0.1) is 17.7 Å². The summed E-state index contributed by atoms with van der Waals surface area (Å²) in [6, 6.07) is 3.35. The quantitative estimate of drug-likeness (QED) is 0.226. The molecule has 7 N–H and O–H groups in total. The van der Waals surface area contributed by atoms with E-state index in [1.54, 1.807) is 6.07 Å². The van der Waals surface area contributed by atoms with Crippen molar-refractivity contribution < 1.29 is 43.6 Å². The lowest BCUT2D eigenvalue weighted by Gasteiger charge is -2.50. The number of nitrogens with zero attached hydrogens (tertiary/aromatic N) is 1. The second-order valence-corrected chi connectivity index (χ2v) is 10.7. The molecule has 0 saturated heterocycles. The molecule has 2 aromatic carbocycles. The van der Waals surface area contributed by atoms with E-state index in [9.17, 15) is 39.2 Å². The van der Waals surface area contributed by atoms with Crippen LogP contribution in [0.5, 0.6) is 5.75 Å². The molecule has 0 unspecified atom stereocenters. The maximum atomic E-state index is 15.9. The molecule has 40 heavy (non-hydrogen) atoms. The summed E-state index contributed by atoms with van der Waals surface area (Å²) in [6.07, 6.45) is -0.285. The first-order valence-electron chi connectivity index (χ1n) is 12.7. The average molecular weight is 558 g/mol. The van der Waals surface area contributed by atoms with Gasteiger partial charge in [0.05, 0.1) is 11.6 Å². The van der Waals surface area contributed by atoms with Crippen molar-refractivity contribution in [2.24, 2.45) is 17.6 Å². The minimum atomic E-state index is -2.77. The summed E-state index contributed by atoms with van der Waals surface area (Å²) in [6.45, 7) is -0.249. The van der Waals surface area contributed by atoms with Gasteiger partial charge in [0.1, 0.15) is 35.3 Å². The predicted molar refractivity (Wildman–Crippen MR) is 139 cm³/mol. The van der Waals surface area contributed by atoms with Crippen LogP contribution < -0.4 is 11.1 Å². The Kier molecular flexibility index (Phi) is 6.68. The lowest BCUT2D eigenvalue weighted by molar-refractivity contribution is -0.153. The molecular formula is C28H29F2N3O7. The molecule has 3 aliphatic rings. The lowest BCUT2D eigenvalue weighted by atomic mass is 9.57. The summed E-state index contributed by atoms with van der Waals surface area (Å²) in [5, 5.41) is 48.1. The van der Waals surface area contributed by atoms with Crippen molar-refractivity contribution in [3.05, 3.63) is 57.6 Å². The molecule has 1 saturated carbocycles. The minimum Gasteiger partial charge on any atom is -0.508 e. The van der Waals surface area contributed by atoms with Crippen LogP contribution in [0.4, 0.5) is 8.78 Å². The number of amides is 1. The third-order valence-corrected chi connectivity index (χ3v) is 8.29. The summed E-state index contributed by atoms with van der Waals surface area (Å²) in [7, 11) is 3.00. The zero-order valence-corrected chi connectivity index (χ0v) is 21.8. The van der Waals surface area contributed by atoms with E-state index in [4.69, 9.17) is 5.73 Å². The topological polar surface area (TPSA) is 173 Å². The molecule has 2 aromatic rings. The first kappa shape index (κ1) is 27.7. The normalized spacial score (nSPS) is 26.3. The summed E-state index contributed by atoms with van der Waals surface area (Å²) < 4.78 is 28.3. The van der Waals surface area contributed by atoms with Gasteiger partial charge < -0.3 is 31.5 Å². The third kappa shape index (κ3) is 3.74. The maximum absolute atomic E-state index is 15.9. The van der Waals surface area contributed by atoms with Crippen LogP contribution in [0.25, 0.3) is 16.5 Å². The molecule has 12 heteroatoms. The zero-order chi connectivity index (χ0) is 29.3. The summed E-state index contributed by atoms with van der Waals surface area (Å²) in [4.78, 5) is 40.5. The number of fused-ring (bicyclic) bond motifs is 4. The number of phenolic OH excluding ortho intramolecular Hbond substituents is 1. The van der Waals surface area contributed by atoms with Crippen LogP contribution in [-0.2, 0) is 27.3 Å². The molecule has 1 amide bonds. The first-order chi connectivity index (χ1) is 18.9. The van der Waals surface area contributed by atoms with Crippen molar-refractivity contribution in [2.45, 2.75) is 31.0 Å². The number of likely N-dealkylation sites (N-methyl/N-ethyl adjacent to an activating group) is 1. The molecule has 0 bridgehead atoms. The Morgan fingerprint density at radius 1 is 1.20 bits per heavy atom. The van der Waals surface area contributed by atoms with E-state index in [2.05, 4.69) is 5.32 Å². The number of nitrogens with one attached hydrogen (secondary N) is 1. The molecular weight excluding hydrogens is 528 g/mol. The number of nitrogens with two attached hydrogens (primary N) is 1. The van der Waals surface area contributed by atoms with Gasteiger partial charge in [-0.2, -0.15) is 0 Å². The highest BCUT2D eigenvalue weighted by molar-refractivity contribution is 6.24. The van der Waals surface area contributed by atoms with Crippen LogP contribution in [0.3, 0.4) is 0 Å². The summed E-state index contributed by atoms with van der Waals surface area (Å²) in [5.74, 6) is -8.65. The standard InChI is InChI=1S/C28H29F2N3O7/c1-33(2)21-16-9-12-8-15-18(22(34)14-7-11(10-32-6-5-29)3-4-13(14)20(15)30)23(35)17(12)25(37)28(16,40)26(38)19(24(21)36)27(31)39/h3-4,7,12,16,21,32,34-35,38,40H,5-6,8-10H2,1-2H3,(H2,31,39)/t12-,16-,21-,28-/m0/s1. The fourth-order valence-electron chi connectivity index (χ4n) is 6.52. The number of carbonyl (C=O) groups is 3. The Morgan fingerprint density at radius 2 is 1.90 bits per heavy atom. The van der Waals surface area contributed by atoms with Crippen molar-refractivity contribution >= 4 is 34.0 Å². The first-order valence-corrected chi connectivity index (χ1v) is 12.7. The van der Waals surface area contributed by atoms with Crippen LogP contribution in [0.1, 0.15) is 23.1 Å². The smallest absolute Gasteiger partial charge is 0.255 e. The van der Waals surface area contributed by atoms with Crippen molar-refractivity contribution in [2.75, 3.05) is 27.3 Å². The number of aliphatic hydroxyl groups is 3. The summed E-state index contributed by atoms with van der Waals surface area (Å²) in [5.41, 5.74) is 1.52. The minimum absolute atomic E-state index is 0.0427. The van der Waals surface area contributed by atoms with Gasteiger partial charge in [0.25, 0.3) is 5.91 Å².